The monoisotopic (exact) mass is 242 g/mol. The summed E-state index contributed by atoms with van der Waals surface area (Å²) in [6.07, 6.45) is 4.65. The SMILES string of the molecule is COc1ncnc(N)c1CNCCCSC. The van der Waals surface area contributed by atoms with E-state index in [0.29, 0.717) is 18.2 Å². The van der Waals surface area contributed by atoms with Crippen LogP contribution in [0.4, 0.5) is 5.82 Å². The summed E-state index contributed by atoms with van der Waals surface area (Å²) >= 11 is 1.84. The first-order chi connectivity index (χ1) is 7.79. The zero-order chi connectivity index (χ0) is 11.8. The second-order valence-electron chi connectivity index (χ2n) is 3.27. The smallest absolute Gasteiger partial charge is 0.222 e. The molecule has 0 atom stereocenters. The van der Waals surface area contributed by atoms with Crippen LogP contribution in [0.2, 0.25) is 0 Å². The molecule has 0 unspecified atom stereocenters. The molecule has 16 heavy (non-hydrogen) atoms. The van der Waals surface area contributed by atoms with Crippen LogP contribution in [0.25, 0.3) is 0 Å². The number of thioether (sulfide) groups is 1. The number of nitrogens with one attached hydrogen (secondary N) is 1. The number of ether oxygens (including phenoxy) is 1. The Bertz CT molecular complexity index is 322. The number of hydrogen-bond donors (Lipinski definition) is 2. The van der Waals surface area contributed by atoms with E-state index >= 15 is 0 Å². The number of nitrogens with zero attached hydrogens (tertiary/aromatic N) is 2. The van der Waals surface area contributed by atoms with E-state index in [1.165, 1.54) is 6.33 Å². The highest BCUT2D eigenvalue weighted by Gasteiger charge is 2.08. The van der Waals surface area contributed by atoms with Crippen molar-refractivity contribution in [3.8, 4) is 5.88 Å². The maximum absolute atomic E-state index is 5.76. The molecule has 0 spiro atoms. The number of rotatable bonds is 7. The van der Waals surface area contributed by atoms with E-state index in [0.717, 1.165) is 24.3 Å². The minimum Gasteiger partial charge on any atom is -0.481 e. The number of nitrogen functional groups attached to an aromatic ring is 1. The summed E-state index contributed by atoms with van der Waals surface area (Å²) in [7, 11) is 1.58. The van der Waals surface area contributed by atoms with Crippen LogP contribution in [0, 0.1) is 0 Å². The Labute approximate surface area is 100 Å². The third-order valence-electron chi connectivity index (χ3n) is 2.14. The number of nitrogens with two attached hydrogens (primary N) is 1. The molecule has 0 saturated heterocycles. The van der Waals surface area contributed by atoms with Crippen LogP contribution in [-0.4, -0.2) is 35.6 Å². The van der Waals surface area contributed by atoms with Gasteiger partial charge in [0.15, 0.2) is 0 Å². The van der Waals surface area contributed by atoms with E-state index in [2.05, 4.69) is 21.5 Å². The largest absolute Gasteiger partial charge is 0.481 e. The molecule has 0 saturated carbocycles. The van der Waals surface area contributed by atoms with Crippen LogP contribution in [0.1, 0.15) is 12.0 Å². The number of anilines is 1. The molecule has 0 aliphatic carbocycles. The van der Waals surface area contributed by atoms with Crippen LogP contribution < -0.4 is 15.8 Å². The molecule has 1 rings (SSSR count). The van der Waals surface area contributed by atoms with E-state index in [-0.39, 0.29) is 0 Å². The second-order valence-corrected chi connectivity index (χ2v) is 4.26. The van der Waals surface area contributed by atoms with E-state index in [1.54, 1.807) is 7.11 Å². The maximum atomic E-state index is 5.76. The molecule has 3 N–H and O–H groups in total. The fourth-order valence-corrected chi connectivity index (χ4v) is 1.74. The van der Waals surface area contributed by atoms with Crippen molar-refractivity contribution in [1.82, 2.24) is 15.3 Å². The number of methoxy groups -OCH3 is 1. The molecule has 5 nitrogen and oxygen atoms in total. The van der Waals surface area contributed by atoms with Gasteiger partial charge in [-0.15, -0.1) is 0 Å². The Hall–Kier alpha value is -1.01. The van der Waals surface area contributed by atoms with Gasteiger partial charge in [0.05, 0.1) is 12.7 Å². The topological polar surface area (TPSA) is 73.1 Å². The van der Waals surface area contributed by atoms with E-state index in [4.69, 9.17) is 10.5 Å². The van der Waals surface area contributed by atoms with E-state index in [9.17, 15) is 0 Å². The molecule has 1 aromatic heterocycles. The van der Waals surface area contributed by atoms with E-state index < -0.39 is 0 Å². The lowest BCUT2D eigenvalue weighted by molar-refractivity contribution is 0.390. The fourth-order valence-electron chi connectivity index (χ4n) is 1.31. The average molecular weight is 242 g/mol. The molecular formula is C10H18N4OS. The van der Waals surface area contributed by atoms with Crippen molar-refractivity contribution in [1.29, 1.82) is 0 Å². The molecule has 6 heteroatoms. The Morgan fingerprint density at radius 1 is 1.50 bits per heavy atom. The zero-order valence-corrected chi connectivity index (χ0v) is 10.5. The summed E-state index contributed by atoms with van der Waals surface area (Å²) < 4.78 is 5.13. The van der Waals surface area contributed by atoms with Crippen molar-refractivity contribution < 1.29 is 4.74 Å². The lowest BCUT2D eigenvalue weighted by Gasteiger charge is -2.09. The van der Waals surface area contributed by atoms with Crippen LogP contribution in [0.15, 0.2) is 6.33 Å². The van der Waals surface area contributed by atoms with Gasteiger partial charge in [0.1, 0.15) is 12.1 Å². The van der Waals surface area contributed by atoms with Crippen LogP contribution in [0.3, 0.4) is 0 Å². The van der Waals surface area contributed by atoms with Crippen molar-refractivity contribution in [2.75, 3.05) is 31.4 Å². The minimum absolute atomic E-state index is 0.476. The molecule has 0 aliphatic rings. The molecule has 1 heterocycles. The van der Waals surface area contributed by atoms with Crippen LogP contribution in [-0.2, 0) is 6.54 Å². The van der Waals surface area contributed by atoms with Gasteiger partial charge in [-0.1, -0.05) is 0 Å². The standard InChI is InChI=1S/C10H18N4OS/c1-15-10-8(9(11)13-7-14-10)6-12-4-3-5-16-2/h7,12H,3-6H2,1-2H3,(H2,11,13,14). The van der Waals surface area contributed by atoms with Crippen molar-refractivity contribution in [3.63, 3.8) is 0 Å². The van der Waals surface area contributed by atoms with Crippen molar-refractivity contribution in [2.24, 2.45) is 0 Å². The quantitative estimate of drug-likeness (QED) is 0.692. The highest BCUT2D eigenvalue weighted by atomic mass is 32.2. The molecule has 90 valence electrons. The molecule has 1 aromatic rings. The van der Waals surface area contributed by atoms with Crippen molar-refractivity contribution in [2.45, 2.75) is 13.0 Å². The summed E-state index contributed by atoms with van der Waals surface area (Å²) in [6.45, 7) is 1.60. The van der Waals surface area contributed by atoms with E-state index in [1.807, 2.05) is 11.8 Å². The Morgan fingerprint density at radius 2 is 2.31 bits per heavy atom. The summed E-state index contributed by atoms with van der Waals surface area (Å²) in [4.78, 5) is 7.96. The number of hydrogen-bond acceptors (Lipinski definition) is 6. The van der Waals surface area contributed by atoms with Gasteiger partial charge in [-0.25, -0.2) is 9.97 Å². The van der Waals surface area contributed by atoms with Gasteiger partial charge < -0.3 is 15.8 Å². The molecule has 0 fully saturated rings. The first-order valence-corrected chi connectivity index (χ1v) is 6.52. The maximum Gasteiger partial charge on any atom is 0.222 e. The minimum atomic E-state index is 0.476. The van der Waals surface area contributed by atoms with Gasteiger partial charge in [-0.05, 0) is 25.0 Å². The lowest BCUT2D eigenvalue weighted by atomic mass is 10.3. The Balaban J connectivity index is 2.46. The van der Waals surface area contributed by atoms with Crippen LogP contribution >= 0.6 is 11.8 Å². The third-order valence-corrected chi connectivity index (χ3v) is 2.83. The summed E-state index contributed by atoms with van der Waals surface area (Å²) in [6, 6.07) is 0. The van der Waals surface area contributed by atoms with Crippen LogP contribution in [0.5, 0.6) is 5.88 Å². The highest BCUT2D eigenvalue weighted by molar-refractivity contribution is 7.98. The molecule has 0 radical (unpaired) electrons. The molecule has 0 aromatic carbocycles. The normalized spacial score (nSPS) is 10.4. The summed E-state index contributed by atoms with van der Waals surface area (Å²) in [5.41, 5.74) is 6.59. The van der Waals surface area contributed by atoms with Gasteiger partial charge in [0.2, 0.25) is 5.88 Å². The average Bonchev–Trinajstić information content (AvgIpc) is 2.30. The number of aromatic nitrogens is 2. The Kier molecular flexibility index (Phi) is 5.95. The van der Waals surface area contributed by atoms with Gasteiger partial charge in [-0.3, -0.25) is 0 Å². The highest BCUT2D eigenvalue weighted by Crippen LogP contribution is 2.18. The molecule has 0 amide bonds. The summed E-state index contributed by atoms with van der Waals surface area (Å²) in [5, 5.41) is 3.30. The summed E-state index contributed by atoms with van der Waals surface area (Å²) in [5.74, 6) is 2.18. The Morgan fingerprint density at radius 3 is 3.00 bits per heavy atom. The predicted octanol–water partition coefficient (Wildman–Crippen LogP) is 0.910. The fraction of sp³-hybridized carbons (Fsp3) is 0.600. The second kappa shape index (κ2) is 7.29. The van der Waals surface area contributed by atoms with Gasteiger partial charge in [0, 0.05) is 6.54 Å². The molecule has 0 bridgehead atoms. The lowest BCUT2D eigenvalue weighted by Crippen LogP contribution is -2.17. The van der Waals surface area contributed by atoms with Gasteiger partial charge in [-0.2, -0.15) is 11.8 Å². The predicted molar refractivity (Wildman–Crippen MR) is 67.7 cm³/mol. The van der Waals surface area contributed by atoms with Gasteiger partial charge in [0.25, 0.3) is 0 Å². The van der Waals surface area contributed by atoms with Gasteiger partial charge >= 0.3 is 0 Å². The molecule has 0 aliphatic heterocycles. The van der Waals surface area contributed by atoms with Crippen molar-refractivity contribution in [3.05, 3.63) is 11.9 Å². The molecular weight excluding hydrogens is 224 g/mol. The zero-order valence-electron chi connectivity index (χ0n) is 9.69. The first kappa shape index (κ1) is 13.1. The third kappa shape index (κ3) is 3.86. The first-order valence-electron chi connectivity index (χ1n) is 5.12. The van der Waals surface area contributed by atoms with Crippen molar-refractivity contribution >= 4 is 17.6 Å².